The minimum absolute atomic E-state index is 0.0723. The van der Waals surface area contributed by atoms with E-state index >= 15 is 0 Å². The van der Waals surface area contributed by atoms with Crippen molar-refractivity contribution in [1.29, 1.82) is 0 Å². The molecular formula is C96H124N18O6S6. The van der Waals surface area contributed by atoms with Crippen LogP contribution in [-0.2, 0) is 88.3 Å². The summed E-state index contributed by atoms with van der Waals surface area (Å²) >= 11 is 11.0. The standard InChI is InChI=1S/C18H23N3O2S.2C16H21N3OS.C16H20N2OS.C15H20N4S.C15H19N3OS/c22-16(23)9-19-12-6-4-11(5-7-12)8-14-17-13-2-1-3-15(13)24-18(17)21-10-20-14;1-19-7-5-11(6-8-19)9-20-15-14-12-3-2-4-13(12)21-16(14)18-10-17-15;1-17-10-5-7-11(8-6-10)20-15-14-12-3-2-4-13(12)21-16(14)19-9-18-15;1-2-5-11(6-3-1)9-19-15-14-12-7-4-8-13(12)20-16(14)18-10-17-15;1-2-11-12(3-1)20-15-13(11)14(18-9-19-15)17-8-10-4-6-16-7-5-10;16-9-4-6-10(7-5-9)19-14-13-11-2-1-3-12(11)20-15(13)18-8-17-14/h10-12,19H,1-9H2,(H,22,23);10-11H,2-9H2,1H3;9-11,17H,2-8H2,1H3;10-11H,1-9H2;9-10,16H,1-8H2,(H,17,18,19);8-10H,1-7,16H2. The van der Waals surface area contributed by atoms with Crippen molar-refractivity contribution < 1.29 is 28.8 Å². The lowest BCUT2D eigenvalue weighted by atomic mass is 9.83. The van der Waals surface area contributed by atoms with E-state index in [4.69, 9.17) is 29.8 Å². The first-order chi connectivity index (χ1) is 62.0. The topological polar surface area (TPSA) is 306 Å². The third-order valence-corrected chi connectivity index (χ3v) is 35.9. The molecule has 0 unspecified atom stereocenters. The maximum Gasteiger partial charge on any atom is 0.317 e. The van der Waals surface area contributed by atoms with Gasteiger partial charge in [-0.15, -0.1) is 68.0 Å². The molecule has 2 aliphatic heterocycles. The number of hydrogen-bond donors (Lipinski definition) is 6. The van der Waals surface area contributed by atoms with Crippen LogP contribution >= 0.6 is 68.0 Å². The number of piperidine rings is 2. The number of carboxylic acid groups (broad SMARTS) is 1. The third-order valence-electron chi connectivity index (χ3n) is 28.7. The van der Waals surface area contributed by atoms with E-state index in [1.54, 1.807) is 38.0 Å². The smallest absolute Gasteiger partial charge is 0.317 e. The first kappa shape index (κ1) is 87.8. The van der Waals surface area contributed by atoms with E-state index in [1.807, 2.05) is 68.0 Å². The second-order valence-corrected chi connectivity index (χ2v) is 43.7. The maximum atomic E-state index is 10.7. The van der Waals surface area contributed by atoms with Crippen LogP contribution in [0.2, 0.25) is 0 Å². The number of carbonyl (C=O) groups is 1. The molecule has 10 aliphatic carbocycles. The van der Waals surface area contributed by atoms with Gasteiger partial charge >= 0.3 is 5.97 Å². The molecule has 126 heavy (non-hydrogen) atoms. The molecule has 24 rings (SSSR count). The van der Waals surface area contributed by atoms with Gasteiger partial charge in [-0.2, -0.15) is 0 Å². The average molecular weight is 1820 g/mol. The van der Waals surface area contributed by atoms with Gasteiger partial charge < -0.3 is 56.0 Å². The summed E-state index contributed by atoms with van der Waals surface area (Å²) < 4.78 is 24.7. The monoisotopic (exact) mass is 1820 g/mol. The minimum atomic E-state index is -0.771. The molecule has 0 spiro atoms. The Balaban J connectivity index is 0.0000000988. The minimum Gasteiger partial charge on any atom is -0.480 e. The summed E-state index contributed by atoms with van der Waals surface area (Å²) in [6.07, 6.45) is 58.5. The molecule has 0 bridgehead atoms. The molecule has 0 aromatic carbocycles. The van der Waals surface area contributed by atoms with E-state index in [1.165, 1.54) is 286 Å². The molecule has 14 heterocycles. The average Bonchev–Trinajstić information content (AvgIpc) is 1.64. The van der Waals surface area contributed by atoms with Gasteiger partial charge in [0, 0.05) is 59.3 Å². The molecule has 2 saturated heterocycles. The quantitative estimate of drug-likeness (QED) is 0.0438. The highest BCUT2D eigenvalue weighted by Crippen LogP contribution is 2.47. The summed E-state index contributed by atoms with van der Waals surface area (Å²) in [5.74, 6) is 6.38. The van der Waals surface area contributed by atoms with Crippen LogP contribution in [0.4, 0.5) is 5.82 Å². The number of anilines is 1. The van der Waals surface area contributed by atoms with Crippen molar-refractivity contribution >= 4 is 141 Å². The lowest BCUT2D eigenvalue weighted by Gasteiger charge is -2.28. The van der Waals surface area contributed by atoms with Gasteiger partial charge in [0.15, 0.2) is 0 Å². The molecule has 12 aromatic heterocycles. The van der Waals surface area contributed by atoms with Crippen LogP contribution in [-0.4, -0.2) is 173 Å². The summed E-state index contributed by atoms with van der Waals surface area (Å²) in [5.41, 5.74) is 16.0. The number of nitrogens with two attached hydrogens (primary N) is 1. The van der Waals surface area contributed by atoms with Crippen molar-refractivity contribution in [2.24, 2.45) is 29.4 Å². The normalized spacial score (nSPS) is 22.3. The number of rotatable bonds is 19. The van der Waals surface area contributed by atoms with E-state index in [0.29, 0.717) is 36.1 Å². The molecule has 7 N–H and O–H groups in total. The van der Waals surface area contributed by atoms with Gasteiger partial charge in [-0.3, -0.25) is 4.79 Å². The van der Waals surface area contributed by atoms with Crippen molar-refractivity contribution in [3.05, 3.63) is 106 Å². The van der Waals surface area contributed by atoms with Gasteiger partial charge in [-0.1, -0.05) is 19.3 Å². The summed E-state index contributed by atoms with van der Waals surface area (Å²) in [5, 5.41) is 29.7. The van der Waals surface area contributed by atoms with Crippen molar-refractivity contribution in [1.82, 2.24) is 80.7 Å². The van der Waals surface area contributed by atoms with Crippen molar-refractivity contribution in [3.8, 4) is 23.5 Å². The van der Waals surface area contributed by atoms with E-state index in [-0.39, 0.29) is 12.6 Å². The van der Waals surface area contributed by atoms with Crippen LogP contribution < -0.4 is 45.9 Å². The van der Waals surface area contributed by atoms with Gasteiger partial charge in [-0.05, 0) is 335 Å². The van der Waals surface area contributed by atoms with Gasteiger partial charge in [0.05, 0.1) is 52.4 Å². The number of fused-ring (bicyclic) bond motifs is 18. The second-order valence-electron chi connectivity index (χ2n) is 37.2. The molecule has 12 aromatic rings. The first-order valence-electron chi connectivity index (χ1n) is 47.6. The Hall–Kier alpha value is -7.49. The summed E-state index contributed by atoms with van der Waals surface area (Å²) in [6, 6.07) is 1.36. The van der Waals surface area contributed by atoms with Crippen LogP contribution in [0, 0.1) is 23.7 Å². The summed E-state index contributed by atoms with van der Waals surface area (Å²) in [7, 11) is 4.24. The number of hydrogen-bond acceptors (Lipinski definition) is 29. The van der Waals surface area contributed by atoms with Crippen LogP contribution in [0.25, 0.3) is 61.3 Å². The van der Waals surface area contributed by atoms with Crippen LogP contribution in [0.3, 0.4) is 0 Å². The van der Waals surface area contributed by atoms with Gasteiger partial charge in [0.25, 0.3) is 0 Å². The SMILES string of the molecule is CN1CCC(COc2ncnc3sc4c(c23)CCC4)CC1.CNC1CCC(Oc2ncnc3sc4c(c23)CCC4)CC1.NC1CCC(Oc2ncnc3sc4c(c23)CCC4)CC1.O=C(O)CNC1CCC(Cc2ncnc3sc4c(c23)CCC4)CC1.c1nc(NCC2CCNCC2)c2c3c(sc2n1)CCC3.c1nc(OCC2CCCCC2)c2c3c(sc2n1)CCC3. The fourth-order valence-electron chi connectivity index (χ4n) is 21.6. The lowest BCUT2D eigenvalue weighted by molar-refractivity contribution is -0.136. The number of nitrogens with zero attached hydrogens (tertiary/aromatic N) is 13. The Morgan fingerprint density at radius 2 is 0.802 bits per heavy atom. The fraction of sp³-hybridized carbons (Fsp3) is 0.615. The van der Waals surface area contributed by atoms with Crippen molar-refractivity contribution in [2.45, 2.75) is 287 Å². The highest BCUT2D eigenvalue weighted by Gasteiger charge is 2.33. The maximum absolute atomic E-state index is 10.7. The Bertz CT molecular complexity index is 5580. The molecule has 0 amide bonds. The van der Waals surface area contributed by atoms with Crippen LogP contribution in [0.5, 0.6) is 23.5 Å². The van der Waals surface area contributed by atoms with Crippen molar-refractivity contribution in [3.63, 3.8) is 0 Å². The zero-order chi connectivity index (χ0) is 85.2. The lowest BCUT2D eigenvalue weighted by Crippen LogP contribution is -2.36. The largest absolute Gasteiger partial charge is 0.480 e. The van der Waals surface area contributed by atoms with E-state index < -0.39 is 5.97 Å². The molecule has 670 valence electrons. The number of aliphatic carboxylic acids is 1. The van der Waals surface area contributed by atoms with Crippen LogP contribution in [0.1, 0.15) is 242 Å². The van der Waals surface area contributed by atoms with E-state index in [0.717, 1.165) is 188 Å². The third kappa shape index (κ3) is 20.6. The Morgan fingerprint density at radius 3 is 1.26 bits per heavy atom. The summed E-state index contributed by atoms with van der Waals surface area (Å²) in [4.78, 5) is 82.3. The van der Waals surface area contributed by atoms with Gasteiger partial charge in [0.1, 0.15) is 85.0 Å². The molecule has 12 aliphatic rings. The number of thiophene rings is 6. The fourth-order valence-corrected chi connectivity index (χ4v) is 28.9. The zero-order valence-electron chi connectivity index (χ0n) is 73.4. The number of aryl methyl sites for hydroxylation is 12. The van der Waals surface area contributed by atoms with Crippen molar-refractivity contribution in [2.75, 3.05) is 71.9 Å². The predicted molar refractivity (Wildman–Crippen MR) is 510 cm³/mol. The Labute approximate surface area is 763 Å². The zero-order valence-corrected chi connectivity index (χ0v) is 78.3. The Morgan fingerprint density at radius 1 is 0.413 bits per heavy atom. The molecular weight excluding hydrogens is 1690 g/mol. The second kappa shape index (κ2) is 41.7. The van der Waals surface area contributed by atoms with Gasteiger partial charge in [0.2, 0.25) is 23.5 Å². The highest BCUT2D eigenvalue weighted by molar-refractivity contribution is 7.20. The van der Waals surface area contributed by atoms with Gasteiger partial charge in [-0.25, -0.2) is 59.8 Å². The predicted octanol–water partition coefficient (Wildman–Crippen LogP) is 18.5. The molecule has 0 radical (unpaired) electrons. The van der Waals surface area contributed by atoms with Crippen LogP contribution in [0.15, 0.2) is 38.0 Å². The Kier molecular flexibility index (Phi) is 29.1. The van der Waals surface area contributed by atoms with E-state index in [2.05, 4.69) is 100 Å². The number of ether oxygens (including phenoxy) is 4. The number of nitrogens with one attached hydrogen (secondary N) is 4. The molecule has 24 nitrogen and oxygen atoms in total. The highest BCUT2D eigenvalue weighted by atomic mass is 32.1. The first-order valence-corrected chi connectivity index (χ1v) is 52.5. The number of carboxylic acids is 1. The van der Waals surface area contributed by atoms with E-state index in [9.17, 15) is 4.79 Å². The molecule has 30 heteroatoms. The molecule has 6 fully saturated rings. The number of likely N-dealkylation sites (tertiary alicyclic amines) is 1. The summed E-state index contributed by atoms with van der Waals surface area (Å²) in [6.45, 7) is 7.41. The molecule has 4 saturated carbocycles. The number of aromatic nitrogens is 12. The molecule has 0 atom stereocenters.